The summed E-state index contributed by atoms with van der Waals surface area (Å²) in [6.45, 7) is 2.44. The van der Waals surface area contributed by atoms with Crippen molar-refractivity contribution in [2.24, 2.45) is 0 Å². The Morgan fingerprint density at radius 1 is 1.33 bits per heavy atom. The lowest BCUT2D eigenvalue weighted by Gasteiger charge is -2.10. The minimum absolute atomic E-state index is 0.259. The summed E-state index contributed by atoms with van der Waals surface area (Å²) in [7, 11) is 1.52. The summed E-state index contributed by atoms with van der Waals surface area (Å²) in [5.41, 5.74) is 1.04. The molecule has 2 rings (SSSR count). The monoisotopic (exact) mass is 350 g/mol. The Bertz CT molecular complexity index is 629. The molecule has 0 saturated heterocycles. The van der Waals surface area contributed by atoms with Gasteiger partial charge in [0.2, 0.25) is 5.88 Å². The number of anilines is 1. The average molecular weight is 351 g/mol. The first kappa shape index (κ1) is 15.3. The molecule has 0 aliphatic heterocycles. The van der Waals surface area contributed by atoms with Crippen LogP contribution in [0.15, 0.2) is 41.0 Å². The SMILES string of the molecule is CCOc1ccc(NC(=O)c2ccc(Br)cc2OC)cn1. The van der Waals surface area contributed by atoms with Crippen LogP contribution in [-0.4, -0.2) is 24.6 Å². The van der Waals surface area contributed by atoms with Crippen molar-refractivity contribution in [2.45, 2.75) is 6.92 Å². The van der Waals surface area contributed by atoms with Crippen LogP contribution in [-0.2, 0) is 0 Å². The van der Waals surface area contributed by atoms with E-state index in [2.05, 4.69) is 26.2 Å². The van der Waals surface area contributed by atoms with Gasteiger partial charge in [0, 0.05) is 10.5 Å². The molecule has 5 nitrogen and oxygen atoms in total. The molecule has 0 aliphatic carbocycles. The summed E-state index contributed by atoms with van der Waals surface area (Å²) < 4.78 is 11.3. The van der Waals surface area contributed by atoms with Gasteiger partial charge in [-0.25, -0.2) is 4.98 Å². The second-order valence-corrected chi connectivity index (χ2v) is 5.03. The number of benzene rings is 1. The predicted octanol–water partition coefficient (Wildman–Crippen LogP) is 3.50. The molecule has 2 aromatic rings. The number of hydrogen-bond acceptors (Lipinski definition) is 4. The van der Waals surface area contributed by atoms with Gasteiger partial charge in [-0.2, -0.15) is 0 Å². The number of ether oxygens (including phenoxy) is 2. The number of halogens is 1. The summed E-state index contributed by atoms with van der Waals surface area (Å²) in [4.78, 5) is 16.3. The number of aromatic nitrogens is 1. The van der Waals surface area contributed by atoms with E-state index < -0.39 is 0 Å². The van der Waals surface area contributed by atoms with E-state index in [1.165, 1.54) is 7.11 Å². The number of amides is 1. The largest absolute Gasteiger partial charge is 0.496 e. The molecule has 6 heteroatoms. The molecule has 0 atom stereocenters. The molecule has 0 saturated carbocycles. The van der Waals surface area contributed by atoms with Crippen molar-refractivity contribution >= 4 is 27.5 Å². The van der Waals surface area contributed by atoms with Crippen LogP contribution in [0.25, 0.3) is 0 Å². The third-order valence-corrected chi connectivity index (χ3v) is 3.19. The van der Waals surface area contributed by atoms with E-state index >= 15 is 0 Å². The molecule has 0 unspecified atom stereocenters. The van der Waals surface area contributed by atoms with Gasteiger partial charge >= 0.3 is 0 Å². The third kappa shape index (κ3) is 3.95. The molecule has 1 N–H and O–H groups in total. The summed E-state index contributed by atoms with van der Waals surface area (Å²) >= 11 is 3.34. The zero-order valence-electron chi connectivity index (χ0n) is 11.7. The Morgan fingerprint density at radius 2 is 2.14 bits per heavy atom. The zero-order valence-corrected chi connectivity index (χ0v) is 13.3. The van der Waals surface area contributed by atoms with Gasteiger partial charge in [0.25, 0.3) is 5.91 Å². The van der Waals surface area contributed by atoms with Crippen LogP contribution in [0.3, 0.4) is 0 Å². The van der Waals surface area contributed by atoms with E-state index in [1.54, 1.807) is 36.5 Å². The Hall–Kier alpha value is -2.08. The number of rotatable bonds is 5. The topological polar surface area (TPSA) is 60.5 Å². The smallest absolute Gasteiger partial charge is 0.259 e. The van der Waals surface area contributed by atoms with Crippen molar-refractivity contribution < 1.29 is 14.3 Å². The van der Waals surface area contributed by atoms with Crippen LogP contribution in [0.5, 0.6) is 11.6 Å². The quantitative estimate of drug-likeness (QED) is 0.896. The molecule has 1 aromatic carbocycles. The van der Waals surface area contributed by atoms with E-state index in [0.717, 1.165) is 4.47 Å². The number of carbonyl (C=O) groups is 1. The fraction of sp³-hybridized carbons (Fsp3) is 0.200. The van der Waals surface area contributed by atoms with Gasteiger partial charge in [-0.15, -0.1) is 0 Å². The highest BCUT2D eigenvalue weighted by Gasteiger charge is 2.13. The highest BCUT2D eigenvalue weighted by atomic mass is 79.9. The van der Waals surface area contributed by atoms with Gasteiger partial charge < -0.3 is 14.8 Å². The Morgan fingerprint density at radius 3 is 2.76 bits per heavy atom. The maximum Gasteiger partial charge on any atom is 0.259 e. The number of nitrogens with zero attached hydrogens (tertiary/aromatic N) is 1. The van der Waals surface area contributed by atoms with Crippen molar-refractivity contribution in [3.05, 3.63) is 46.6 Å². The number of nitrogens with one attached hydrogen (secondary N) is 1. The third-order valence-electron chi connectivity index (χ3n) is 2.69. The molecule has 0 aliphatic rings. The Kier molecular flexibility index (Phi) is 5.16. The highest BCUT2D eigenvalue weighted by molar-refractivity contribution is 9.10. The van der Waals surface area contributed by atoms with Crippen LogP contribution in [0.4, 0.5) is 5.69 Å². The standard InChI is InChI=1S/C15H15BrN2O3/c1-3-21-14-7-5-11(9-17-14)18-15(19)12-6-4-10(16)8-13(12)20-2/h4-9H,3H2,1-2H3,(H,18,19). The summed E-state index contributed by atoms with van der Waals surface area (Å²) in [6, 6.07) is 8.67. The second-order valence-electron chi connectivity index (χ2n) is 4.12. The fourth-order valence-electron chi connectivity index (χ4n) is 1.74. The molecule has 110 valence electrons. The first-order valence-corrected chi connectivity index (χ1v) is 7.17. The highest BCUT2D eigenvalue weighted by Crippen LogP contribution is 2.24. The van der Waals surface area contributed by atoms with Gasteiger partial charge in [0.05, 0.1) is 31.2 Å². The normalized spacial score (nSPS) is 10.0. The van der Waals surface area contributed by atoms with Crippen molar-refractivity contribution in [3.8, 4) is 11.6 Å². The Labute approximate surface area is 131 Å². The van der Waals surface area contributed by atoms with Crippen LogP contribution in [0.1, 0.15) is 17.3 Å². The molecule has 0 radical (unpaired) electrons. The second kappa shape index (κ2) is 7.08. The van der Waals surface area contributed by atoms with Crippen molar-refractivity contribution in [2.75, 3.05) is 19.0 Å². The lowest BCUT2D eigenvalue weighted by molar-refractivity contribution is 0.102. The van der Waals surface area contributed by atoms with Crippen LogP contribution in [0, 0.1) is 0 Å². The van der Waals surface area contributed by atoms with Gasteiger partial charge in [0.1, 0.15) is 5.75 Å². The van der Waals surface area contributed by atoms with Crippen molar-refractivity contribution in [3.63, 3.8) is 0 Å². The van der Waals surface area contributed by atoms with Gasteiger partial charge in [-0.1, -0.05) is 15.9 Å². The van der Waals surface area contributed by atoms with E-state index in [0.29, 0.717) is 29.5 Å². The summed E-state index contributed by atoms with van der Waals surface area (Å²) in [6.07, 6.45) is 1.55. The summed E-state index contributed by atoms with van der Waals surface area (Å²) in [5, 5.41) is 2.77. The lowest BCUT2D eigenvalue weighted by Crippen LogP contribution is -2.13. The fourth-order valence-corrected chi connectivity index (χ4v) is 2.08. The van der Waals surface area contributed by atoms with Crippen LogP contribution in [0.2, 0.25) is 0 Å². The van der Waals surface area contributed by atoms with E-state index in [9.17, 15) is 4.79 Å². The van der Waals surface area contributed by atoms with Crippen molar-refractivity contribution in [1.29, 1.82) is 0 Å². The molecule has 1 amide bonds. The molecule has 0 spiro atoms. The Balaban J connectivity index is 2.14. The number of carbonyl (C=O) groups excluding carboxylic acids is 1. The molecule has 1 aromatic heterocycles. The lowest BCUT2D eigenvalue weighted by atomic mass is 10.2. The van der Waals surface area contributed by atoms with Gasteiger partial charge in [0.15, 0.2) is 0 Å². The average Bonchev–Trinajstić information content (AvgIpc) is 2.49. The number of methoxy groups -OCH3 is 1. The molecular formula is C15H15BrN2O3. The molecule has 21 heavy (non-hydrogen) atoms. The molecule has 1 heterocycles. The first-order chi connectivity index (χ1) is 10.1. The van der Waals surface area contributed by atoms with Crippen molar-refractivity contribution in [1.82, 2.24) is 4.98 Å². The molecule has 0 bridgehead atoms. The number of pyridine rings is 1. The van der Waals surface area contributed by atoms with Gasteiger partial charge in [-0.05, 0) is 31.2 Å². The van der Waals surface area contributed by atoms with Crippen LogP contribution >= 0.6 is 15.9 Å². The predicted molar refractivity (Wildman–Crippen MR) is 84.1 cm³/mol. The number of hydrogen-bond donors (Lipinski definition) is 1. The summed E-state index contributed by atoms with van der Waals surface area (Å²) in [5.74, 6) is 0.766. The minimum atomic E-state index is -0.259. The van der Waals surface area contributed by atoms with E-state index in [4.69, 9.17) is 9.47 Å². The molecule has 0 fully saturated rings. The van der Waals surface area contributed by atoms with E-state index in [-0.39, 0.29) is 5.91 Å². The maximum absolute atomic E-state index is 12.3. The molecular weight excluding hydrogens is 336 g/mol. The van der Waals surface area contributed by atoms with Gasteiger partial charge in [-0.3, -0.25) is 4.79 Å². The minimum Gasteiger partial charge on any atom is -0.496 e. The maximum atomic E-state index is 12.3. The van der Waals surface area contributed by atoms with Crippen LogP contribution < -0.4 is 14.8 Å². The van der Waals surface area contributed by atoms with E-state index in [1.807, 2.05) is 6.92 Å². The zero-order chi connectivity index (χ0) is 15.2. The first-order valence-electron chi connectivity index (χ1n) is 6.37.